The molecule has 0 spiro atoms. The van der Waals surface area contributed by atoms with Gasteiger partial charge in [-0.25, -0.2) is 0 Å². The van der Waals surface area contributed by atoms with Crippen LogP contribution in [0.2, 0.25) is 0 Å². The summed E-state index contributed by atoms with van der Waals surface area (Å²) in [5.74, 6) is 3.10. The fraction of sp³-hybridized carbons (Fsp3) is 1.00. The number of rotatable bonds is 8. The lowest BCUT2D eigenvalue weighted by atomic mass is 9.89. The number of unbranched alkanes of at least 4 members (excludes halogenated alkanes) is 1. The highest BCUT2D eigenvalue weighted by Gasteiger charge is 2.32. The second kappa shape index (κ2) is 6.58. The standard InChI is InChI=1S/C17H32N2/c1-2-3-8-19-12-16(9-14-4-5-14)10-17(13-19)18-11-15-6-7-15/h14-18H,2-13H2,1H3. The molecule has 2 atom stereocenters. The molecule has 1 heterocycles. The Hall–Kier alpha value is -0.0800. The molecule has 3 fully saturated rings. The molecule has 3 rings (SSSR count). The van der Waals surface area contributed by atoms with Crippen LogP contribution in [-0.2, 0) is 0 Å². The van der Waals surface area contributed by atoms with Crippen molar-refractivity contribution >= 4 is 0 Å². The average molecular weight is 264 g/mol. The number of hydrogen-bond donors (Lipinski definition) is 1. The Kier molecular flexibility index (Phi) is 4.81. The SMILES string of the molecule is CCCCN1CC(CC2CC2)CC(NCC2CC2)C1. The van der Waals surface area contributed by atoms with Crippen LogP contribution in [0.4, 0.5) is 0 Å². The summed E-state index contributed by atoms with van der Waals surface area (Å²) in [5, 5.41) is 3.87. The van der Waals surface area contributed by atoms with Crippen molar-refractivity contribution in [2.45, 2.75) is 64.3 Å². The van der Waals surface area contributed by atoms with Crippen molar-refractivity contribution in [3.8, 4) is 0 Å². The molecule has 2 nitrogen and oxygen atoms in total. The van der Waals surface area contributed by atoms with Crippen LogP contribution in [-0.4, -0.2) is 37.1 Å². The van der Waals surface area contributed by atoms with Crippen molar-refractivity contribution < 1.29 is 0 Å². The van der Waals surface area contributed by atoms with Crippen LogP contribution >= 0.6 is 0 Å². The molecule has 3 aliphatic rings. The van der Waals surface area contributed by atoms with Crippen molar-refractivity contribution in [2.24, 2.45) is 17.8 Å². The highest BCUT2D eigenvalue weighted by atomic mass is 15.2. The molecular formula is C17H32N2. The van der Waals surface area contributed by atoms with E-state index < -0.39 is 0 Å². The first-order chi connectivity index (χ1) is 9.33. The minimum Gasteiger partial charge on any atom is -0.312 e. The van der Waals surface area contributed by atoms with Gasteiger partial charge in [0, 0.05) is 19.1 Å². The van der Waals surface area contributed by atoms with Crippen LogP contribution in [0.1, 0.15) is 58.3 Å². The predicted molar refractivity (Wildman–Crippen MR) is 81.3 cm³/mol. The van der Waals surface area contributed by atoms with E-state index >= 15 is 0 Å². The quantitative estimate of drug-likeness (QED) is 0.724. The molecule has 1 N–H and O–H groups in total. The Labute approximate surface area is 119 Å². The predicted octanol–water partition coefficient (Wildman–Crippen LogP) is 3.28. The van der Waals surface area contributed by atoms with Gasteiger partial charge in [-0.2, -0.15) is 0 Å². The minimum absolute atomic E-state index is 0.787. The number of hydrogen-bond acceptors (Lipinski definition) is 2. The molecule has 0 aromatic rings. The first-order valence-electron chi connectivity index (χ1n) is 8.79. The van der Waals surface area contributed by atoms with E-state index in [4.69, 9.17) is 0 Å². The van der Waals surface area contributed by atoms with Crippen molar-refractivity contribution in [3.05, 3.63) is 0 Å². The highest BCUT2D eigenvalue weighted by molar-refractivity contribution is 4.88. The molecular weight excluding hydrogens is 232 g/mol. The molecule has 2 unspecified atom stereocenters. The van der Waals surface area contributed by atoms with E-state index in [9.17, 15) is 0 Å². The molecule has 1 saturated heterocycles. The molecule has 2 saturated carbocycles. The Balaban J connectivity index is 1.46. The third kappa shape index (κ3) is 4.75. The van der Waals surface area contributed by atoms with Crippen LogP contribution in [0.5, 0.6) is 0 Å². The van der Waals surface area contributed by atoms with Crippen molar-refractivity contribution in [3.63, 3.8) is 0 Å². The van der Waals surface area contributed by atoms with Crippen molar-refractivity contribution in [1.29, 1.82) is 0 Å². The number of nitrogens with one attached hydrogen (secondary N) is 1. The second-order valence-corrected chi connectivity index (χ2v) is 7.44. The Bertz CT molecular complexity index is 270. The third-order valence-corrected chi connectivity index (χ3v) is 5.20. The molecule has 0 radical (unpaired) electrons. The maximum atomic E-state index is 3.87. The summed E-state index contributed by atoms with van der Waals surface area (Å²) in [4.78, 5) is 2.75. The van der Waals surface area contributed by atoms with Gasteiger partial charge in [-0.1, -0.05) is 26.2 Å². The van der Waals surface area contributed by atoms with Crippen LogP contribution in [0, 0.1) is 17.8 Å². The lowest BCUT2D eigenvalue weighted by molar-refractivity contribution is 0.130. The topological polar surface area (TPSA) is 15.3 Å². The minimum atomic E-state index is 0.787. The number of nitrogens with zero attached hydrogens (tertiary/aromatic N) is 1. The van der Waals surface area contributed by atoms with Gasteiger partial charge < -0.3 is 10.2 Å². The fourth-order valence-electron chi connectivity index (χ4n) is 3.67. The van der Waals surface area contributed by atoms with Crippen LogP contribution < -0.4 is 5.32 Å². The molecule has 1 aliphatic heterocycles. The summed E-state index contributed by atoms with van der Waals surface area (Å²) in [5.41, 5.74) is 0. The summed E-state index contributed by atoms with van der Waals surface area (Å²) in [7, 11) is 0. The molecule has 2 aliphatic carbocycles. The van der Waals surface area contributed by atoms with Gasteiger partial charge in [-0.05, 0) is 62.9 Å². The Morgan fingerprint density at radius 2 is 1.79 bits per heavy atom. The first kappa shape index (κ1) is 13.9. The second-order valence-electron chi connectivity index (χ2n) is 7.44. The average Bonchev–Trinajstić information content (AvgIpc) is 3.28. The van der Waals surface area contributed by atoms with Gasteiger partial charge in [0.15, 0.2) is 0 Å². The highest BCUT2D eigenvalue weighted by Crippen LogP contribution is 2.38. The van der Waals surface area contributed by atoms with Gasteiger partial charge in [0.05, 0.1) is 0 Å². The molecule has 2 heteroatoms. The van der Waals surface area contributed by atoms with Gasteiger partial charge in [-0.15, -0.1) is 0 Å². The van der Waals surface area contributed by atoms with E-state index in [0.717, 1.165) is 23.8 Å². The summed E-state index contributed by atoms with van der Waals surface area (Å²) in [6.07, 6.45) is 11.7. The Morgan fingerprint density at radius 3 is 2.47 bits per heavy atom. The van der Waals surface area contributed by atoms with E-state index in [1.54, 1.807) is 0 Å². The first-order valence-corrected chi connectivity index (χ1v) is 8.79. The largest absolute Gasteiger partial charge is 0.312 e. The van der Waals surface area contributed by atoms with E-state index in [1.807, 2.05) is 0 Å². The van der Waals surface area contributed by atoms with Crippen molar-refractivity contribution in [2.75, 3.05) is 26.2 Å². The maximum absolute atomic E-state index is 3.87. The normalized spacial score (nSPS) is 32.7. The molecule has 0 bridgehead atoms. The van der Waals surface area contributed by atoms with Crippen molar-refractivity contribution in [1.82, 2.24) is 10.2 Å². The Morgan fingerprint density at radius 1 is 1.00 bits per heavy atom. The lowest BCUT2D eigenvalue weighted by Gasteiger charge is -2.38. The van der Waals surface area contributed by atoms with E-state index in [1.165, 1.54) is 77.5 Å². The summed E-state index contributed by atoms with van der Waals surface area (Å²) >= 11 is 0. The van der Waals surface area contributed by atoms with Gasteiger partial charge in [0.1, 0.15) is 0 Å². The summed E-state index contributed by atoms with van der Waals surface area (Å²) in [6.45, 7) is 7.64. The van der Waals surface area contributed by atoms with Gasteiger partial charge in [0.2, 0.25) is 0 Å². The zero-order valence-corrected chi connectivity index (χ0v) is 12.7. The summed E-state index contributed by atoms with van der Waals surface area (Å²) in [6, 6.07) is 0.787. The molecule has 0 amide bonds. The maximum Gasteiger partial charge on any atom is 0.0198 e. The fourth-order valence-corrected chi connectivity index (χ4v) is 3.67. The molecule has 0 aromatic heterocycles. The lowest BCUT2D eigenvalue weighted by Crippen LogP contribution is -2.50. The zero-order chi connectivity index (χ0) is 13.1. The third-order valence-electron chi connectivity index (χ3n) is 5.20. The van der Waals surface area contributed by atoms with Gasteiger partial charge in [-0.3, -0.25) is 0 Å². The monoisotopic (exact) mass is 264 g/mol. The van der Waals surface area contributed by atoms with Gasteiger partial charge >= 0.3 is 0 Å². The van der Waals surface area contributed by atoms with Crippen LogP contribution in [0.3, 0.4) is 0 Å². The van der Waals surface area contributed by atoms with E-state index in [0.29, 0.717) is 0 Å². The summed E-state index contributed by atoms with van der Waals surface area (Å²) < 4.78 is 0. The molecule has 19 heavy (non-hydrogen) atoms. The molecule has 110 valence electrons. The molecule has 0 aromatic carbocycles. The number of likely N-dealkylation sites (tertiary alicyclic amines) is 1. The van der Waals surface area contributed by atoms with E-state index in [-0.39, 0.29) is 0 Å². The van der Waals surface area contributed by atoms with E-state index in [2.05, 4.69) is 17.1 Å². The number of piperidine rings is 1. The smallest absolute Gasteiger partial charge is 0.0198 e. The van der Waals surface area contributed by atoms with Crippen LogP contribution in [0.25, 0.3) is 0 Å². The van der Waals surface area contributed by atoms with Crippen LogP contribution in [0.15, 0.2) is 0 Å². The zero-order valence-electron chi connectivity index (χ0n) is 12.7. The van der Waals surface area contributed by atoms with Gasteiger partial charge in [0.25, 0.3) is 0 Å².